The van der Waals surface area contributed by atoms with Crippen molar-refractivity contribution in [1.82, 2.24) is 4.90 Å². The van der Waals surface area contributed by atoms with Crippen molar-refractivity contribution in [2.45, 2.75) is 19.1 Å². The summed E-state index contributed by atoms with van der Waals surface area (Å²) >= 11 is 0. The lowest BCUT2D eigenvalue weighted by molar-refractivity contribution is -0.133. The van der Waals surface area contributed by atoms with Gasteiger partial charge in [-0.25, -0.2) is 4.79 Å². The van der Waals surface area contributed by atoms with E-state index in [9.17, 15) is 14.7 Å². The van der Waals surface area contributed by atoms with Crippen molar-refractivity contribution in [3.63, 3.8) is 0 Å². The molecule has 7 nitrogen and oxygen atoms in total. The van der Waals surface area contributed by atoms with Gasteiger partial charge in [-0.3, -0.25) is 4.79 Å². The smallest absolute Gasteiger partial charge is 0.335 e. The molecule has 1 aliphatic heterocycles. The van der Waals surface area contributed by atoms with E-state index >= 15 is 0 Å². The number of rotatable bonds is 5. The van der Waals surface area contributed by atoms with Gasteiger partial charge in [0.15, 0.2) is 0 Å². The number of aliphatic hydroxyl groups is 1. The second-order valence-corrected chi connectivity index (χ2v) is 6.33. The number of hydrogen-bond donors (Lipinski definition) is 2. The first-order valence-corrected chi connectivity index (χ1v) is 8.46. The Hall–Kier alpha value is -3.06. The Morgan fingerprint density at radius 1 is 1.15 bits per heavy atom. The lowest BCUT2D eigenvalue weighted by atomic mass is 9.94. The highest BCUT2D eigenvalue weighted by atomic mass is 16.5. The molecule has 1 atom stereocenters. The third-order valence-electron chi connectivity index (χ3n) is 4.67. The van der Waals surface area contributed by atoms with Gasteiger partial charge in [0.25, 0.3) is 0 Å². The molecule has 27 heavy (non-hydrogen) atoms. The zero-order valence-corrected chi connectivity index (χ0v) is 15.1. The second kappa shape index (κ2) is 7.67. The average Bonchev–Trinajstić information content (AvgIpc) is 2.67. The summed E-state index contributed by atoms with van der Waals surface area (Å²) in [4.78, 5) is 25.4. The largest absolute Gasteiger partial charge is 0.496 e. The minimum atomic E-state index is -1.04. The number of ether oxygens (including phenoxy) is 2. The summed E-state index contributed by atoms with van der Waals surface area (Å²) in [5, 5.41) is 19.7. The maximum absolute atomic E-state index is 12.8. The molecule has 0 bridgehead atoms. The number of carboxylic acid groups (broad SMARTS) is 1. The van der Waals surface area contributed by atoms with E-state index in [1.807, 2.05) is 0 Å². The van der Waals surface area contributed by atoms with Gasteiger partial charge in [0.2, 0.25) is 5.91 Å². The predicted molar refractivity (Wildman–Crippen MR) is 97.0 cm³/mol. The average molecular weight is 371 g/mol. The molecule has 2 aromatic carbocycles. The standard InChI is InChI=1S/C20H21NO6/c1-26-16-6-7-17(27-2)19-14(16)10-21(11-15(19)22)18(23)9-12-4-3-5-13(8-12)20(24)25/h3-8,15,22H,9-11H2,1-2H3,(H,24,25). The van der Waals surface area contributed by atoms with Crippen LogP contribution in [0.2, 0.25) is 0 Å². The number of nitrogens with zero attached hydrogens (tertiary/aromatic N) is 1. The van der Waals surface area contributed by atoms with E-state index in [4.69, 9.17) is 14.6 Å². The van der Waals surface area contributed by atoms with Gasteiger partial charge in [0.1, 0.15) is 17.6 Å². The number of aliphatic hydroxyl groups excluding tert-OH is 1. The molecule has 1 amide bonds. The molecule has 142 valence electrons. The van der Waals surface area contributed by atoms with Crippen molar-refractivity contribution in [1.29, 1.82) is 0 Å². The van der Waals surface area contributed by atoms with Gasteiger partial charge in [0, 0.05) is 17.7 Å². The lowest BCUT2D eigenvalue weighted by Gasteiger charge is -2.34. The van der Waals surface area contributed by atoms with Crippen molar-refractivity contribution in [2.24, 2.45) is 0 Å². The van der Waals surface area contributed by atoms with Crippen molar-refractivity contribution >= 4 is 11.9 Å². The van der Waals surface area contributed by atoms with Crippen LogP contribution in [0.15, 0.2) is 36.4 Å². The molecular formula is C20H21NO6. The summed E-state index contributed by atoms with van der Waals surface area (Å²) in [6, 6.07) is 9.76. The number of β-amino-alcohol motifs (C(OH)–C–C–N with tert-alkyl or cyclic N) is 1. The minimum absolute atomic E-state index is 0.0510. The molecule has 0 saturated carbocycles. The normalized spacial score (nSPS) is 15.8. The van der Waals surface area contributed by atoms with Gasteiger partial charge in [-0.05, 0) is 29.8 Å². The molecule has 2 aromatic rings. The van der Waals surface area contributed by atoms with Crippen molar-refractivity contribution < 1.29 is 29.3 Å². The number of amides is 1. The first kappa shape index (κ1) is 18.7. The SMILES string of the molecule is COc1ccc(OC)c2c1CN(C(=O)Cc1cccc(C(=O)O)c1)CC2O. The Morgan fingerprint density at radius 2 is 1.85 bits per heavy atom. The fraction of sp³-hybridized carbons (Fsp3) is 0.300. The fourth-order valence-corrected chi connectivity index (χ4v) is 3.37. The van der Waals surface area contributed by atoms with E-state index in [0.717, 1.165) is 0 Å². The summed E-state index contributed by atoms with van der Waals surface area (Å²) in [5.41, 5.74) is 2.09. The number of methoxy groups -OCH3 is 2. The summed E-state index contributed by atoms with van der Waals surface area (Å²) in [6.07, 6.45) is -0.844. The van der Waals surface area contributed by atoms with Gasteiger partial charge in [-0.2, -0.15) is 0 Å². The van der Waals surface area contributed by atoms with Crippen molar-refractivity contribution in [2.75, 3.05) is 20.8 Å². The van der Waals surface area contributed by atoms with Crippen LogP contribution in [0.5, 0.6) is 11.5 Å². The summed E-state index contributed by atoms with van der Waals surface area (Å²) in [5.74, 6) is -0.106. The Kier molecular flexibility index (Phi) is 5.32. The third-order valence-corrected chi connectivity index (χ3v) is 4.67. The van der Waals surface area contributed by atoms with Crippen LogP contribution in [0.4, 0.5) is 0 Å². The number of hydrogen-bond acceptors (Lipinski definition) is 5. The maximum atomic E-state index is 12.8. The Balaban J connectivity index is 1.85. The highest BCUT2D eigenvalue weighted by Gasteiger charge is 2.31. The van der Waals surface area contributed by atoms with Crippen LogP contribution >= 0.6 is 0 Å². The molecule has 1 aliphatic rings. The van der Waals surface area contributed by atoms with E-state index < -0.39 is 12.1 Å². The number of carboxylic acids is 1. The van der Waals surface area contributed by atoms with Crippen molar-refractivity contribution in [3.05, 3.63) is 58.7 Å². The van der Waals surface area contributed by atoms with Gasteiger partial charge in [-0.15, -0.1) is 0 Å². The number of carbonyl (C=O) groups excluding carboxylic acids is 1. The number of aromatic carboxylic acids is 1. The first-order chi connectivity index (χ1) is 12.9. The summed E-state index contributed by atoms with van der Waals surface area (Å²) < 4.78 is 10.7. The van der Waals surface area contributed by atoms with Crippen LogP contribution < -0.4 is 9.47 Å². The predicted octanol–water partition coefficient (Wildman–Crippen LogP) is 2.02. The van der Waals surface area contributed by atoms with Crippen LogP contribution in [0, 0.1) is 0 Å². The molecule has 0 fully saturated rings. The van der Waals surface area contributed by atoms with Gasteiger partial charge in [-0.1, -0.05) is 12.1 Å². The zero-order valence-electron chi connectivity index (χ0n) is 15.1. The third kappa shape index (κ3) is 3.73. The lowest BCUT2D eigenvalue weighted by Crippen LogP contribution is -2.39. The summed E-state index contributed by atoms with van der Waals surface area (Å²) in [7, 11) is 3.06. The second-order valence-electron chi connectivity index (χ2n) is 6.33. The Bertz CT molecular complexity index is 879. The highest BCUT2D eigenvalue weighted by Crippen LogP contribution is 2.39. The van der Waals surface area contributed by atoms with Crippen LogP contribution in [0.1, 0.15) is 33.2 Å². The molecule has 7 heteroatoms. The van der Waals surface area contributed by atoms with Crippen LogP contribution in [0.3, 0.4) is 0 Å². The van der Waals surface area contributed by atoms with E-state index in [1.54, 1.807) is 29.2 Å². The monoisotopic (exact) mass is 371 g/mol. The Labute approximate surface area is 156 Å². The quantitative estimate of drug-likeness (QED) is 0.835. The molecule has 0 saturated heterocycles. The molecule has 0 radical (unpaired) electrons. The molecule has 3 rings (SSSR count). The molecule has 2 N–H and O–H groups in total. The number of carbonyl (C=O) groups is 2. The number of benzene rings is 2. The van der Waals surface area contributed by atoms with E-state index in [0.29, 0.717) is 28.2 Å². The van der Waals surface area contributed by atoms with Gasteiger partial charge < -0.3 is 24.6 Å². The topological polar surface area (TPSA) is 96.3 Å². The van der Waals surface area contributed by atoms with E-state index in [2.05, 4.69) is 0 Å². The molecule has 1 heterocycles. The molecular weight excluding hydrogens is 350 g/mol. The van der Waals surface area contributed by atoms with Gasteiger partial charge >= 0.3 is 5.97 Å². The molecule has 0 spiro atoms. The highest BCUT2D eigenvalue weighted by molar-refractivity contribution is 5.88. The molecule has 1 unspecified atom stereocenters. The van der Waals surface area contributed by atoms with Crippen LogP contribution in [0.25, 0.3) is 0 Å². The van der Waals surface area contributed by atoms with E-state index in [-0.39, 0.29) is 31.0 Å². The van der Waals surface area contributed by atoms with Crippen molar-refractivity contribution in [3.8, 4) is 11.5 Å². The van der Waals surface area contributed by atoms with Crippen LogP contribution in [-0.2, 0) is 17.8 Å². The first-order valence-electron chi connectivity index (χ1n) is 8.46. The minimum Gasteiger partial charge on any atom is -0.496 e. The number of fused-ring (bicyclic) bond motifs is 1. The zero-order chi connectivity index (χ0) is 19.6. The van der Waals surface area contributed by atoms with Crippen LogP contribution in [-0.4, -0.2) is 47.8 Å². The van der Waals surface area contributed by atoms with Gasteiger partial charge in [0.05, 0.1) is 32.7 Å². The maximum Gasteiger partial charge on any atom is 0.335 e. The summed E-state index contributed by atoms with van der Waals surface area (Å²) in [6.45, 7) is 0.415. The fourth-order valence-electron chi connectivity index (χ4n) is 3.37. The molecule has 0 aromatic heterocycles. The Morgan fingerprint density at radius 3 is 2.52 bits per heavy atom. The molecule has 0 aliphatic carbocycles. The van der Waals surface area contributed by atoms with E-state index in [1.165, 1.54) is 26.4 Å².